The summed E-state index contributed by atoms with van der Waals surface area (Å²) in [7, 11) is -2.92. The standard InChI is InChI=1S/C23H33NOSi.C14H20O2.C9H15NSi.ClH/c1-18(16-19-12-14-20(15-13-19)23(2,3)4)22(25)24-17-26(5,6)21-10-8-7-9-11-21;1-10(13(15)16)9-11-5-7-12(8-6-11)14(2,3)4;1-11(2,8-10)9-6-4-3-5-7-9;/h7-15,18H,16-17H2,1-6H3,(H,24,25);5-8,10H,9H2,1-4H3,(H,15,16);3-7H,8,10H2,1-2H3;1H. The molecule has 0 aliphatic carbocycles. The number of nitrogens with two attached hydrogens (primary N) is 1. The molecule has 54 heavy (non-hydrogen) atoms. The van der Waals surface area contributed by atoms with Crippen molar-refractivity contribution in [1.82, 2.24) is 5.32 Å². The fraction of sp³-hybridized carbons (Fsp3) is 0.435. The number of rotatable bonds is 11. The van der Waals surface area contributed by atoms with Crippen molar-refractivity contribution in [2.45, 2.75) is 105 Å². The number of hydrogen-bond donors (Lipinski definition) is 3. The molecule has 4 aromatic carbocycles. The van der Waals surface area contributed by atoms with Crippen LogP contribution in [0.4, 0.5) is 0 Å². The summed E-state index contributed by atoms with van der Waals surface area (Å²) in [6.45, 7) is 26.1. The highest BCUT2D eigenvalue weighted by Gasteiger charge is 2.25. The van der Waals surface area contributed by atoms with E-state index in [1.54, 1.807) is 6.92 Å². The second kappa shape index (κ2) is 21.6. The van der Waals surface area contributed by atoms with Gasteiger partial charge in [-0.1, -0.05) is 201 Å². The lowest BCUT2D eigenvalue weighted by molar-refractivity contribution is -0.141. The molecule has 5 nitrogen and oxygen atoms in total. The Balaban J connectivity index is 0.000000443. The van der Waals surface area contributed by atoms with Crippen LogP contribution in [0, 0.1) is 11.8 Å². The van der Waals surface area contributed by atoms with Crippen molar-refractivity contribution in [3.05, 3.63) is 131 Å². The van der Waals surface area contributed by atoms with E-state index >= 15 is 0 Å². The quantitative estimate of drug-likeness (QED) is 0.132. The van der Waals surface area contributed by atoms with Gasteiger partial charge in [0.1, 0.15) is 8.07 Å². The van der Waals surface area contributed by atoms with Gasteiger partial charge in [0.2, 0.25) is 5.91 Å². The van der Waals surface area contributed by atoms with Crippen LogP contribution < -0.4 is 21.4 Å². The second-order valence-corrected chi connectivity index (χ2v) is 27.3. The average molecular weight is 790 g/mol. The van der Waals surface area contributed by atoms with Gasteiger partial charge in [-0.3, -0.25) is 9.59 Å². The van der Waals surface area contributed by atoms with Gasteiger partial charge in [-0.15, -0.1) is 12.4 Å². The number of carbonyl (C=O) groups excluding carboxylic acids is 1. The summed E-state index contributed by atoms with van der Waals surface area (Å²) in [5.74, 6) is -0.919. The van der Waals surface area contributed by atoms with Crippen LogP contribution in [0.15, 0.2) is 109 Å². The molecular weight excluding hydrogens is 720 g/mol. The topological polar surface area (TPSA) is 92.4 Å². The molecule has 0 saturated heterocycles. The highest BCUT2D eigenvalue weighted by Crippen LogP contribution is 2.24. The molecule has 2 unspecified atom stereocenters. The van der Waals surface area contributed by atoms with Crippen LogP contribution >= 0.6 is 12.4 Å². The summed E-state index contributed by atoms with van der Waals surface area (Å²) in [5, 5.41) is 14.9. The molecule has 0 aliphatic rings. The maximum Gasteiger partial charge on any atom is 0.306 e. The Morgan fingerprint density at radius 3 is 1.30 bits per heavy atom. The lowest BCUT2D eigenvalue weighted by atomic mass is 9.86. The maximum atomic E-state index is 12.6. The molecule has 4 N–H and O–H groups in total. The number of aliphatic carboxylic acids is 1. The third-order valence-corrected chi connectivity index (χ3v) is 15.8. The number of carboxylic acid groups (broad SMARTS) is 1. The van der Waals surface area contributed by atoms with Crippen molar-refractivity contribution in [3.8, 4) is 0 Å². The van der Waals surface area contributed by atoms with Gasteiger partial charge >= 0.3 is 5.97 Å². The smallest absolute Gasteiger partial charge is 0.306 e. The zero-order valence-electron chi connectivity index (χ0n) is 35.1. The molecule has 0 aliphatic heterocycles. The van der Waals surface area contributed by atoms with Crippen LogP contribution in [0.5, 0.6) is 0 Å². The predicted octanol–water partition coefficient (Wildman–Crippen LogP) is 9.20. The van der Waals surface area contributed by atoms with Gasteiger partial charge in [0, 0.05) is 12.1 Å². The van der Waals surface area contributed by atoms with Crippen LogP contribution in [0.25, 0.3) is 0 Å². The minimum atomic E-state index is -1.64. The van der Waals surface area contributed by atoms with Crippen molar-refractivity contribution >= 4 is 50.8 Å². The largest absolute Gasteiger partial charge is 0.481 e. The highest BCUT2D eigenvalue weighted by atomic mass is 35.5. The van der Waals surface area contributed by atoms with E-state index in [0.29, 0.717) is 6.42 Å². The molecule has 0 radical (unpaired) electrons. The molecule has 0 fully saturated rings. The predicted molar refractivity (Wildman–Crippen MR) is 240 cm³/mol. The Morgan fingerprint density at radius 1 is 0.611 bits per heavy atom. The molecule has 0 aromatic heterocycles. The van der Waals surface area contributed by atoms with E-state index in [2.05, 4.69) is 158 Å². The van der Waals surface area contributed by atoms with E-state index in [1.165, 1.54) is 27.1 Å². The van der Waals surface area contributed by atoms with Crippen LogP contribution in [-0.2, 0) is 33.3 Å². The van der Waals surface area contributed by atoms with Crippen LogP contribution in [0.1, 0.15) is 77.6 Å². The molecule has 2 atom stereocenters. The normalized spacial score (nSPS) is 12.8. The number of nitrogens with one attached hydrogen (secondary N) is 1. The first-order chi connectivity index (χ1) is 24.6. The summed E-state index contributed by atoms with van der Waals surface area (Å²) in [4.78, 5) is 23.3. The minimum Gasteiger partial charge on any atom is -0.481 e. The molecule has 8 heteroatoms. The van der Waals surface area contributed by atoms with Crippen molar-refractivity contribution < 1.29 is 14.7 Å². The highest BCUT2D eigenvalue weighted by molar-refractivity contribution is 6.90. The first-order valence-corrected chi connectivity index (χ1v) is 25.5. The average Bonchev–Trinajstić information content (AvgIpc) is 3.11. The Labute approximate surface area is 336 Å². The van der Waals surface area contributed by atoms with E-state index in [4.69, 9.17) is 10.8 Å². The van der Waals surface area contributed by atoms with E-state index < -0.39 is 22.1 Å². The molecule has 4 rings (SSSR count). The lowest BCUT2D eigenvalue weighted by Crippen LogP contribution is -2.52. The molecule has 296 valence electrons. The Bertz CT molecular complexity index is 1680. The Hall–Kier alpha value is -3.50. The molecule has 0 spiro atoms. The van der Waals surface area contributed by atoms with E-state index in [1.807, 2.05) is 31.2 Å². The monoisotopic (exact) mass is 788 g/mol. The summed E-state index contributed by atoms with van der Waals surface area (Å²) in [6.07, 6.45) is 2.99. The number of carbonyl (C=O) groups is 2. The third-order valence-electron chi connectivity index (χ3n) is 9.92. The van der Waals surface area contributed by atoms with Crippen LogP contribution in [-0.4, -0.2) is 45.5 Å². The van der Waals surface area contributed by atoms with Crippen molar-refractivity contribution in [2.24, 2.45) is 17.6 Å². The molecule has 0 heterocycles. The third kappa shape index (κ3) is 16.5. The summed E-state index contributed by atoms with van der Waals surface area (Å²) in [5.41, 5.74) is 10.9. The Morgan fingerprint density at radius 2 is 0.963 bits per heavy atom. The minimum absolute atomic E-state index is 0. The molecule has 0 saturated carbocycles. The number of amides is 1. The zero-order chi connectivity index (χ0) is 40.0. The maximum absolute atomic E-state index is 12.6. The summed E-state index contributed by atoms with van der Waals surface area (Å²) in [6, 6.07) is 38.1. The molecular formula is C46H69ClN2O3Si2. The van der Waals surface area contributed by atoms with Gasteiger partial charge in [-0.2, -0.15) is 0 Å². The van der Waals surface area contributed by atoms with Crippen molar-refractivity contribution in [3.63, 3.8) is 0 Å². The van der Waals surface area contributed by atoms with Crippen LogP contribution in [0.2, 0.25) is 26.2 Å². The second-order valence-electron chi connectivity index (χ2n) is 17.9. The lowest BCUT2D eigenvalue weighted by Gasteiger charge is -2.24. The number of halogens is 1. The fourth-order valence-corrected chi connectivity index (χ4v) is 8.90. The van der Waals surface area contributed by atoms with Gasteiger partial charge in [0.15, 0.2) is 0 Å². The number of carboxylic acids is 1. The first-order valence-electron chi connectivity index (χ1n) is 19.1. The number of hydrogen-bond acceptors (Lipinski definition) is 3. The summed E-state index contributed by atoms with van der Waals surface area (Å²) < 4.78 is 0. The SMILES string of the molecule is CC(Cc1ccc(C(C)(C)C)cc1)C(=O)NC[Si](C)(C)c1ccccc1.CC(Cc1ccc(C(C)(C)C)cc1)C(=O)O.C[Si](C)(CN)c1ccccc1.Cl. The van der Waals surface area contributed by atoms with Gasteiger partial charge in [0.05, 0.1) is 14.0 Å². The summed E-state index contributed by atoms with van der Waals surface area (Å²) >= 11 is 0. The van der Waals surface area contributed by atoms with Gasteiger partial charge < -0.3 is 16.2 Å². The van der Waals surface area contributed by atoms with Crippen LogP contribution in [0.3, 0.4) is 0 Å². The van der Waals surface area contributed by atoms with Crippen molar-refractivity contribution in [1.29, 1.82) is 0 Å². The van der Waals surface area contributed by atoms with Gasteiger partial charge in [0.25, 0.3) is 0 Å². The molecule has 0 bridgehead atoms. The molecule has 4 aromatic rings. The van der Waals surface area contributed by atoms with Gasteiger partial charge in [-0.25, -0.2) is 0 Å². The zero-order valence-corrected chi connectivity index (χ0v) is 37.9. The van der Waals surface area contributed by atoms with Crippen molar-refractivity contribution in [2.75, 3.05) is 12.3 Å². The van der Waals surface area contributed by atoms with Gasteiger partial charge in [-0.05, 0) is 52.1 Å². The van der Waals surface area contributed by atoms with E-state index in [0.717, 1.165) is 24.3 Å². The fourth-order valence-electron chi connectivity index (χ4n) is 5.65. The number of benzene rings is 4. The van der Waals surface area contributed by atoms with E-state index in [-0.39, 0.29) is 41.0 Å². The first kappa shape index (κ1) is 48.5. The molecule has 1 amide bonds. The van der Waals surface area contributed by atoms with E-state index in [9.17, 15) is 9.59 Å². The Kier molecular flexibility index (Phi) is 19.4.